The molecule has 0 spiro atoms. The standard InChI is InChI=1S/C18H23FN2O2/c19-15-7-5-14(6-8-15)18(9-1-2-10-18)17(23)20-13-16(22)21-11-3-4-12-21/h5-8H,1-4,9-13H2,(H,20,23). The first kappa shape index (κ1) is 16.0. The number of carbonyl (C=O) groups is 2. The van der Waals surface area contributed by atoms with E-state index in [0.717, 1.165) is 57.2 Å². The van der Waals surface area contributed by atoms with E-state index in [9.17, 15) is 14.0 Å². The zero-order chi connectivity index (χ0) is 16.3. The first-order chi connectivity index (χ1) is 11.1. The van der Waals surface area contributed by atoms with Crippen molar-refractivity contribution in [3.05, 3.63) is 35.6 Å². The number of nitrogens with zero attached hydrogens (tertiary/aromatic N) is 1. The lowest BCUT2D eigenvalue weighted by molar-refractivity contribution is -0.133. The van der Waals surface area contributed by atoms with Crippen molar-refractivity contribution in [2.24, 2.45) is 0 Å². The molecule has 0 aromatic heterocycles. The zero-order valence-electron chi connectivity index (χ0n) is 13.3. The van der Waals surface area contributed by atoms with Crippen molar-refractivity contribution in [2.75, 3.05) is 19.6 Å². The molecule has 1 aromatic rings. The van der Waals surface area contributed by atoms with Gasteiger partial charge < -0.3 is 10.2 Å². The molecular weight excluding hydrogens is 295 g/mol. The van der Waals surface area contributed by atoms with Crippen LogP contribution in [-0.2, 0) is 15.0 Å². The smallest absolute Gasteiger partial charge is 0.241 e. The first-order valence-corrected chi connectivity index (χ1v) is 8.44. The molecule has 1 aliphatic heterocycles. The molecule has 0 atom stereocenters. The zero-order valence-corrected chi connectivity index (χ0v) is 13.3. The average Bonchev–Trinajstić information content (AvgIpc) is 3.25. The molecular formula is C18H23FN2O2. The van der Waals surface area contributed by atoms with Crippen LogP contribution in [0.1, 0.15) is 44.1 Å². The van der Waals surface area contributed by atoms with Gasteiger partial charge in [0.25, 0.3) is 0 Å². The summed E-state index contributed by atoms with van der Waals surface area (Å²) in [6.45, 7) is 1.64. The van der Waals surface area contributed by atoms with Gasteiger partial charge in [0.2, 0.25) is 11.8 Å². The number of halogens is 1. The van der Waals surface area contributed by atoms with Gasteiger partial charge in [0.05, 0.1) is 12.0 Å². The van der Waals surface area contributed by atoms with Crippen LogP contribution in [0.2, 0.25) is 0 Å². The molecule has 1 aliphatic carbocycles. The van der Waals surface area contributed by atoms with Crippen molar-refractivity contribution in [1.29, 1.82) is 0 Å². The van der Waals surface area contributed by atoms with Crippen molar-refractivity contribution in [1.82, 2.24) is 10.2 Å². The van der Waals surface area contributed by atoms with Crippen molar-refractivity contribution < 1.29 is 14.0 Å². The van der Waals surface area contributed by atoms with Gasteiger partial charge in [-0.1, -0.05) is 25.0 Å². The quantitative estimate of drug-likeness (QED) is 0.926. The highest BCUT2D eigenvalue weighted by atomic mass is 19.1. The maximum Gasteiger partial charge on any atom is 0.241 e. The van der Waals surface area contributed by atoms with Gasteiger partial charge in [-0.05, 0) is 43.4 Å². The number of hydrogen-bond donors (Lipinski definition) is 1. The molecule has 0 bridgehead atoms. The van der Waals surface area contributed by atoms with Gasteiger partial charge in [0.15, 0.2) is 0 Å². The largest absolute Gasteiger partial charge is 0.346 e. The molecule has 1 saturated heterocycles. The van der Waals surface area contributed by atoms with E-state index in [2.05, 4.69) is 5.32 Å². The number of amides is 2. The summed E-state index contributed by atoms with van der Waals surface area (Å²) in [4.78, 5) is 26.7. The molecule has 1 heterocycles. The minimum Gasteiger partial charge on any atom is -0.346 e. The number of carbonyl (C=O) groups excluding carboxylic acids is 2. The van der Waals surface area contributed by atoms with Crippen LogP contribution in [0.15, 0.2) is 24.3 Å². The summed E-state index contributed by atoms with van der Waals surface area (Å²) in [6.07, 6.45) is 5.54. The Morgan fingerprint density at radius 1 is 1.04 bits per heavy atom. The number of rotatable bonds is 4. The van der Waals surface area contributed by atoms with Crippen molar-refractivity contribution in [3.8, 4) is 0 Å². The van der Waals surface area contributed by atoms with Gasteiger partial charge in [-0.2, -0.15) is 0 Å². The maximum absolute atomic E-state index is 13.2. The fourth-order valence-electron chi connectivity index (χ4n) is 3.80. The van der Waals surface area contributed by atoms with Crippen LogP contribution in [-0.4, -0.2) is 36.3 Å². The fourth-order valence-corrected chi connectivity index (χ4v) is 3.80. The summed E-state index contributed by atoms with van der Waals surface area (Å²) in [5.41, 5.74) is 0.237. The van der Waals surface area contributed by atoms with Gasteiger partial charge in [-0.15, -0.1) is 0 Å². The Morgan fingerprint density at radius 2 is 1.65 bits per heavy atom. The Labute approximate surface area is 136 Å². The van der Waals surface area contributed by atoms with E-state index >= 15 is 0 Å². The molecule has 2 fully saturated rings. The van der Waals surface area contributed by atoms with Gasteiger partial charge in [-0.3, -0.25) is 9.59 Å². The Balaban J connectivity index is 1.69. The topological polar surface area (TPSA) is 49.4 Å². The number of likely N-dealkylation sites (tertiary alicyclic amines) is 1. The van der Waals surface area contributed by atoms with E-state index in [4.69, 9.17) is 0 Å². The van der Waals surface area contributed by atoms with Crippen LogP contribution in [0.5, 0.6) is 0 Å². The second kappa shape index (κ2) is 6.69. The van der Waals surface area contributed by atoms with Crippen LogP contribution in [0.3, 0.4) is 0 Å². The van der Waals surface area contributed by atoms with E-state index in [1.54, 1.807) is 17.0 Å². The second-order valence-electron chi connectivity index (χ2n) is 6.57. The third-order valence-electron chi connectivity index (χ3n) is 5.15. The first-order valence-electron chi connectivity index (χ1n) is 8.44. The SMILES string of the molecule is O=C(CNC(=O)C1(c2ccc(F)cc2)CCCC1)N1CCCC1. The lowest BCUT2D eigenvalue weighted by Gasteiger charge is -2.28. The summed E-state index contributed by atoms with van der Waals surface area (Å²) in [6, 6.07) is 6.20. The normalized spacial score (nSPS) is 19.8. The van der Waals surface area contributed by atoms with Crippen LogP contribution in [0.4, 0.5) is 4.39 Å². The average molecular weight is 318 g/mol. The predicted octanol–water partition coefficient (Wildman–Crippen LogP) is 2.38. The van der Waals surface area contributed by atoms with E-state index in [0.29, 0.717) is 0 Å². The van der Waals surface area contributed by atoms with E-state index < -0.39 is 5.41 Å². The van der Waals surface area contributed by atoms with E-state index in [-0.39, 0.29) is 24.2 Å². The molecule has 124 valence electrons. The molecule has 1 N–H and O–H groups in total. The summed E-state index contributed by atoms with van der Waals surface area (Å²) >= 11 is 0. The lowest BCUT2D eigenvalue weighted by Crippen LogP contribution is -2.46. The van der Waals surface area contributed by atoms with Crippen LogP contribution in [0, 0.1) is 5.82 Å². The van der Waals surface area contributed by atoms with Crippen LogP contribution >= 0.6 is 0 Å². The molecule has 0 unspecified atom stereocenters. The predicted molar refractivity (Wildman–Crippen MR) is 85.4 cm³/mol. The molecule has 5 heteroatoms. The highest BCUT2D eigenvalue weighted by Gasteiger charge is 2.42. The van der Waals surface area contributed by atoms with Gasteiger partial charge in [0.1, 0.15) is 5.82 Å². The van der Waals surface area contributed by atoms with Crippen LogP contribution < -0.4 is 5.32 Å². The molecule has 1 saturated carbocycles. The summed E-state index contributed by atoms with van der Waals surface area (Å²) in [5, 5.41) is 2.83. The van der Waals surface area contributed by atoms with Crippen LogP contribution in [0.25, 0.3) is 0 Å². The molecule has 2 aliphatic rings. The second-order valence-corrected chi connectivity index (χ2v) is 6.57. The molecule has 0 radical (unpaired) electrons. The minimum atomic E-state index is -0.612. The van der Waals surface area contributed by atoms with Gasteiger partial charge in [0, 0.05) is 13.1 Å². The lowest BCUT2D eigenvalue weighted by atomic mass is 9.78. The highest BCUT2D eigenvalue weighted by Crippen LogP contribution is 2.41. The van der Waals surface area contributed by atoms with Crippen molar-refractivity contribution >= 4 is 11.8 Å². The number of benzene rings is 1. The molecule has 23 heavy (non-hydrogen) atoms. The Bertz CT molecular complexity index is 573. The molecule has 2 amide bonds. The third-order valence-corrected chi connectivity index (χ3v) is 5.15. The fraction of sp³-hybridized carbons (Fsp3) is 0.556. The summed E-state index contributed by atoms with van der Waals surface area (Å²) in [7, 11) is 0. The number of nitrogens with one attached hydrogen (secondary N) is 1. The molecule has 1 aromatic carbocycles. The Morgan fingerprint density at radius 3 is 2.26 bits per heavy atom. The Kier molecular flexibility index (Phi) is 4.64. The number of hydrogen-bond acceptors (Lipinski definition) is 2. The van der Waals surface area contributed by atoms with E-state index in [1.807, 2.05) is 0 Å². The minimum absolute atomic E-state index is 0.0110. The monoisotopic (exact) mass is 318 g/mol. The molecule has 4 nitrogen and oxygen atoms in total. The summed E-state index contributed by atoms with van der Waals surface area (Å²) < 4.78 is 13.2. The molecule has 3 rings (SSSR count). The third kappa shape index (κ3) is 3.23. The van der Waals surface area contributed by atoms with Gasteiger partial charge >= 0.3 is 0 Å². The Hall–Kier alpha value is -1.91. The van der Waals surface area contributed by atoms with Crippen molar-refractivity contribution in [2.45, 2.75) is 43.9 Å². The highest BCUT2D eigenvalue weighted by molar-refractivity contribution is 5.91. The van der Waals surface area contributed by atoms with E-state index in [1.165, 1.54) is 12.1 Å². The van der Waals surface area contributed by atoms with Crippen molar-refractivity contribution in [3.63, 3.8) is 0 Å². The summed E-state index contributed by atoms with van der Waals surface area (Å²) in [5.74, 6) is -0.413. The van der Waals surface area contributed by atoms with Gasteiger partial charge in [-0.25, -0.2) is 4.39 Å². The maximum atomic E-state index is 13.2.